The quantitative estimate of drug-likeness (QED) is 0.700. The third-order valence-corrected chi connectivity index (χ3v) is 1.93. The molecule has 1 rings (SSSR count). The van der Waals surface area contributed by atoms with Gasteiger partial charge < -0.3 is 10.6 Å². The van der Waals surface area contributed by atoms with Crippen molar-refractivity contribution < 1.29 is 9.59 Å². The topological polar surface area (TPSA) is 58.2 Å². The molecule has 0 aliphatic heterocycles. The first-order valence-electron chi connectivity index (χ1n) is 4.22. The first-order valence-corrected chi connectivity index (χ1v) is 4.22. The number of hydrogen-bond acceptors (Lipinski definition) is 2. The van der Waals surface area contributed by atoms with Crippen molar-refractivity contribution in [3.8, 4) is 0 Å². The molecule has 0 saturated heterocycles. The molecule has 4 heteroatoms. The predicted octanol–water partition coefficient (Wildman–Crippen LogP) is 0.923. The van der Waals surface area contributed by atoms with Crippen molar-refractivity contribution in [1.82, 2.24) is 5.32 Å². The van der Waals surface area contributed by atoms with E-state index < -0.39 is 0 Å². The molecule has 0 unspecified atom stereocenters. The fraction of sp³-hybridized carbons (Fsp3) is 0.200. The summed E-state index contributed by atoms with van der Waals surface area (Å²) in [4.78, 5) is 21.4. The summed E-state index contributed by atoms with van der Waals surface area (Å²) in [7, 11) is 1.58. The molecule has 2 N–H and O–H groups in total. The Morgan fingerprint density at radius 1 is 1.43 bits per heavy atom. The van der Waals surface area contributed by atoms with E-state index in [4.69, 9.17) is 0 Å². The third kappa shape index (κ3) is 2.10. The second-order valence-corrected chi connectivity index (χ2v) is 2.87. The normalized spacial score (nSPS) is 9.29. The minimum Gasteiger partial charge on any atom is -0.355 e. The van der Waals surface area contributed by atoms with Gasteiger partial charge in [-0.25, -0.2) is 0 Å². The Morgan fingerprint density at radius 2 is 2.14 bits per heavy atom. The van der Waals surface area contributed by atoms with Gasteiger partial charge in [0.15, 0.2) is 0 Å². The maximum Gasteiger partial charge on any atom is 0.251 e. The van der Waals surface area contributed by atoms with Gasteiger partial charge in [-0.1, -0.05) is 0 Å². The lowest BCUT2D eigenvalue weighted by Crippen LogP contribution is -2.17. The van der Waals surface area contributed by atoms with E-state index in [1.807, 2.05) is 6.92 Å². The Labute approximate surface area is 82.3 Å². The van der Waals surface area contributed by atoms with Crippen molar-refractivity contribution in [1.29, 1.82) is 0 Å². The molecule has 1 aromatic rings. The molecule has 74 valence electrons. The zero-order valence-corrected chi connectivity index (χ0v) is 8.13. The van der Waals surface area contributed by atoms with Gasteiger partial charge in [-0.3, -0.25) is 9.59 Å². The van der Waals surface area contributed by atoms with Crippen molar-refractivity contribution in [2.45, 2.75) is 6.92 Å². The highest BCUT2D eigenvalue weighted by Crippen LogP contribution is 2.15. The van der Waals surface area contributed by atoms with E-state index in [-0.39, 0.29) is 5.91 Å². The fourth-order valence-corrected chi connectivity index (χ4v) is 1.17. The number of anilines is 1. The van der Waals surface area contributed by atoms with Crippen LogP contribution in [-0.4, -0.2) is 19.4 Å². The number of aryl methyl sites for hydroxylation is 1. The van der Waals surface area contributed by atoms with Gasteiger partial charge in [-0.15, -0.1) is 0 Å². The van der Waals surface area contributed by atoms with Crippen LogP contribution in [0.15, 0.2) is 18.2 Å². The maximum absolute atomic E-state index is 11.2. The average Bonchev–Trinajstić information content (AvgIpc) is 2.20. The molecule has 0 spiro atoms. The minimum absolute atomic E-state index is 0.134. The first-order chi connectivity index (χ1) is 6.69. The average molecular weight is 192 g/mol. The number of benzene rings is 1. The number of rotatable bonds is 3. The van der Waals surface area contributed by atoms with E-state index in [2.05, 4.69) is 10.6 Å². The lowest BCUT2D eigenvalue weighted by atomic mass is 10.1. The van der Waals surface area contributed by atoms with Crippen LogP contribution in [0.5, 0.6) is 0 Å². The van der Waals surface area contributed by atoms with Gasteiger partial charge in [0.1, 0.15) is 0 Å². The highest BCUT2D eigenvalue weighted by molar-refractivity contribution is 5.95. The molecule has 14 heavy (non-hydrogen) atoms. The van der Waals surface area contributed by atoms with Crippen molar-refractivity contribution >= 4 is 18.0 Å². The van der Waals surface area contributed by atoms with Crippen LogP contribution in [0.4, 0.5) is 5.69 Å². The molecule has 0 aliphatic carbocycles. The van der Waals surface area contributed by atoms with Crippen LogP contribution in [-0.2, 0) is 4.79 Å². The Hall–Kier alpha value is -1.84. The van der Waals surface area contributed by atoms with E-state index in [9.17, 15) is 9.59 Å². The molecule has 1 aromatic carbocycles. The number of nitrogens with one attached hydrogen (secondary N) is 2. The second kappa shape index (κ2) is 4.41. The molecule has 0 bridgehead atoms. The molecular weight excluding hydrogens is 180 g/mol. The van der Waals surface area contributed by atoms with E-state index in [0.717, 1.165) is 5.56 Å². The van der Waals surface area contributed by atoms with Crippen LogP contribution in [0, 0.1) is 6.92 Å². The Morgan fingerprint density at radius 3 is 2.64 bits per heavy atom. The molecule has 4 nitrogen and oxygen atoms in total. The Bertz CT molecular complexity index is 361. The van der Waals surface area contributed by atoms with Gasteiger partial charge in [0, 0.05) is 18.3 Å². The number of hydrogen-bond donors (Lipinski definition) is 2. The van der Waals surface area contributed by atoms with E-state index in [1.54, 1.807) is 25.2 Å². The summed E-state index contributed by atoms with van der Waals surface area (Å²) in [5, 5.41) is 5.08. The molecule has 0 aliphatic rings. The molecule has 0 atom stereocenters. The summed E-state index contributed by atoms with van der Waals surface area (Å²) in [6.45, 7) is 1.83. The van der Waals surface area contributed by atoms with Crippen molar-refractivity contribution in [2.75, 3.05) is 12.4 Å². The maximum atomic E-state index is 11.2. The van der Waals surface area contributed by atoms with Gasteiger partial charge in [0.25, 0.3) is 5.91 Å². The summed E-state index contributed by atoms with van der Waals surface area (Å²) < 4.78 is 0. The van der Waals surface area contributed by atoms with Crippen LogP contribution in [0.3, 0.4) is 0 Å². The largest absolute Gasteiger partial charge is 0.355 e. The van der Waals surface area contributed by atoms with E-state index in [1.165, 1.54) is 0 Å². The van der Waals surface area contributed by atoms with Crippen LogP contribution >= 0.6 is 0 Å². The van der Waals surface area contributed by atoms with Crippen LogP contribution < -0.4 is 10.6 Å². The van der Waals surface area contributed by atoms with Crippen molar-refractivity contribution in [3.63, 3.8) is 0 Å². The van der Waals surface area contributed by atoms with Crippen molar-refractivity contribution in [3.05, 3.63) is 29.3 Å². The lowest BCUT2D eigenvalue weighted by molar-refractivity contribution is -0.105. The van der Waals surface area contributed by atoms with Gasteiger partial charge in [0.05, 0.1) is 0 Å². The summed E-state index contributed by atoms with van der Waals surface area (Å²) in [5.74, 6) is -0.134. The lowest BCUT2D eigenvalue weighted by Gasteiger charge is -2.05. The standard InChI is InChI=1S/C10H12N2O2/c1-7-5-8(10(14)11-2)3-4-9(7)12-6-13/h3-6H,1-2H3,(H,11,14)(H,12,13). The van der Waals surface area contributed by atoms with E-state index in [0.29, 0.717) is 17.7 Å². The minimum atomic E-state index is -0.134. The highest BCUT2D eigenvalue weighted by atomic mass is 16.1. The summed E-state index contributed by atoms with van der Waals surface area (Å²) in [6, 6.07) is 5.09. The SMILES string of the molecule is CNC(=O)c1ccc(NC=O)c(C)c1. The predicted molar refractivity (Wildman–Crippen MR) is 54.3 cm³/mol. The van der Waals surface area contributed by atoms with Gasteiger partial charge in [0.2, 0.25) is 6.41 Å². The summed E-state index contributed by atoms with van der Waals surface area (Å²) in [5.41, 5.74) is 2.16. The fourth-order valence-electron chi connectivity index (χ4n) is 1.17. The van der Waals surface area contributed by atoms with Gasteiger partial charge >= 0.3 is 0 Å². The highest BCUT2D eigenvalue weighted by Gasteiger charge is 2.04. The smallest absolute Gasteiger partial charge is 0.251 e. The molecular formula is C10H12N2O2. The van der Waals surface area contributed by atoms with Crippen LogP contribution in [0.1, 0.15) is 15.9 Å². The molecule has 0 heterocycles. The summed E-state index contributed by atoms with van der Waals surface area (Å²) >= 11 is 0. The molecule has 2 amide bonds. The zero-order chi connectivity index (χ0) is 10.6. The Balaban J connectivity index is 2.99. The van der Waals surface area contributed by atoms with Crippen molar-refractivity contribution in [2.24, 2.45) is 0 Å². The molecule has 0 saturated carbocycles. The monoisotopic (exact) mass is 192 g/mol. The van der Waals surface area contributed by atoms with Gasteiger partial charge in [-0.05, 0) is 30.7 Å². The number of amides is 2. The second-order valence-electron chi connectivity index (χ2n) is 2.87. The number of carbonyl (C=O) groups is 2. The molecule has 0 radical (unpaired) electrons. The van der Waals surface area contributed by atoms with Crippen LogP contribution in [0.25, 0.3) is 0 Å². The number of carbonyl (C=O) groups excluding carboxylic acids is 2. The summed E-state index contributed by atoms with van der Waals surface area (Å²) in [6.07, 6.45) is 0.613. The van der Waals surface area contributed by atoms with Crippen LogP contribution in [0.2, 0.25) is 0 Å². The zero-order valence-electron chi connectivity index (χ0n) is 8.13. The van der Waals surface area contributed by atoms with Gasteiger partial charge in [-0.2, -0.15) is 0 Å². The third-order valence-electron chi connectivity index (χ3n) is 1.93. The molecule has 0 aromatic heterocycles. The van der Waals surface area contributed by atoms with E-state index >= 15 is 0 Å². The molecule has 0 fully saturated rings. The first kappa shape index (κ1) is 10.2. The Kier molecular flexibility index (Phi) is 3.23.